The van der Waals surface area contributed by atoms with Gasteiger partial charge in [0.05, 0.1) is 10.3 Å². The second kappa shape index (κ2) is 8.28. The van der Waals surface area contributed by atoms with Crippen molar-refractivity contribution in [3.05, 3.63) is 29.7 Å². The van der Waals surface area contributed by atoms with Crippen LogP contribution < -0.4 is 10.6 Å². The highest BCUT2D eigenvalue weighted by molar-refractivity contribution is 8.04. The van der Waals surface area contributed by atoms with E-state index in [0.717, 1.165) is 59.9 Å². The number of thioether (sulfide) groups is 1. The first-order chi connectivity index (χ1) is 12.3. The predicted molar refractivity (Wildman–Crippen MR) is 107 cm³/mol. The molecular weight excluding hydrogens is 372 g/mol. The van der Waals surface area contributed by atoms with Crippen LogP contribution >= 0.6 is 24.2 Å². The van der Waals surface area contributed by atoms with Crippen LogP contribution in [-0.2, 0) is 4.79 Å². The zero-order valence-electron chi connectivity index (χ0n) is 14.4. The highest BCUT2D eigenvalue weighted by Gasteiger charge is 2.30. The molecule has 1 atom stereocenters. The molecule has 2 aliphatic rings. The average Bonchev–Trinajstić information content (AvgIpc) is 3.16. The average molecular weight is 395 g/mol. The second-order valence-electron chi connectivity index (χ2n) is 6.36. The van der Waals surface area contributed by atoms with Gasteiger partial charge in [-0.2, -0.15) is 0 Å². The van der Waals surface area contributed by atoms with E-state index < -0.39 is 0 Å². The number of anilines is 1. The molecule has 0 aliphatic carbocycles. The Morgan fingerprint density at radius 2 is 2.23 bits per heavy atom. The van der Waals surface area contributed by atoms with E-state index in [2.05, 4.69) is 19.9 Å². The maximum absolute atomic E-state index is 13.0. The molecule has 4 heterocycles. The van der Waals surface area contributed by atoms with Gasteiger partial charge in [0.1, 0.15) is 17.8 Å². The molecule has 7 nitrogen and oxygen atoms in total. The molecule has 140 valence electrons. The van der Waals surface area contributed by atoms with Crippen molar-refractivity contribution in [1.82, 2.24) is 19.9 Å². The summed E-state index contributed by atoms with van der Waals surface area (Å²) in [5, 5.41) is 0.968. The molecule has 9 heteroatoms. The third-order valence-corrected chi connectivity index (χ3v) is 5.82. The summed E-state index contributed by atoms with van der Waals surface area (Å²) in [4.78, 5) is 29.6. The Kier molecular flexibility index (Phi) is 6.05. The van der Waals surface area contributed by atoms with Crippen molar-refractivity contribution in [1.29, 1.82) is 0 Å². The van der Waals surface area contributed by atoms with Gasteiger partial charge in [-0.3, -0.25) is 4.79 Å². The van der Waals surface area contributed by atoms with Crippen LogP contribution in [0.25, 0.3) is 11.0 Å². The number of aromatic amines is 1. The normalized spacial score (nSPS) is 20.7. The predicted octanol–water partition coefficient (Wildman–Crippen LogP) is 2.11. The Labute approximate surface area is 162 Å². The zero-order valence-corrected chi connectivity index (χ0v) is 16.1. The van der Waals surface area contributed by atoms with E-state index in [1.165, 1.54) is 0 Å². The van der Waals surface area contributed by atoms with Gasteiger partial charge in [-0.05, 0) is 25.3 Å². The van der Waals surface area contributed by atoms with Gasteiger partial charge >= 0.3 is 0 Å². The third kappa shape index (κ3) is 3.54. The Balaban J connectivity index is 0.00000196. The molecule has 4 rings (SSSR count). The van der Waals surface area contributed by atoms with Crippen molar-refractivity contribution in [2.45, 2.75) is 25.3 Å². The molecule has 0 saturated carbocycles. The third-order valence-electron chi connectivity index (χ3n) is 4.84. The summed E-state index contributed by atoms with van der Waals surface area (Å²) in [6, 6.07) is 2.13. The van der Waals surface area contributed by atoms with E-state index in [0.29, 0.717) is 6.54 Å². The van der Waals surface area contributed by atoms with Gasteiger partial charge in [0, 0.05) is 43.8 Å². The Hall–Kier alpha value is -1.77. The van der Waals surface area contributed by atoms with E-state index >= 15 is 0 Å². The number of hydrogen-bond donors (Lipinski definition) is 2. The summed E-state index contributed by atoms with van der Waals surface area (Å²) in [6.45, 7) is 2.15. The molecule has 0 aromatic carbocycles. The van der Waals surface area contributed by atoms with E-state index in [4.69, 9.17) is 5.73 Å². The maximum atomic E-state index is 13.0. The number of fused-ring (bicyclic) bond motifs is 1. The van der Waals surface area contributed by atoms with E-state index in [1.807, 2.05) is 23.4 Å². The number of rotatable bonds is 3. The van der Waals surface area contributed by atoms with Crippen LogP contribution in [-0.4, -0.2) is 57.2 Å². The van der Waals surface area contributed by atoms with Crippen molar-refractivity contribution < 1.29 is 4.79 Å². The van der Waals surface area contributed by atoms with Crippen molar-refractivity contribution >= 4 is 46.9 Å². The Morgan fingerprint density at radius 3 is 3.08 bits per heavy atom. The summed E-state index contributed by atoms with van der Waals surface area (Å²) in [5.41, 5.74) is 6.69. The van der Waals surface area contributed by atoms with Crippen molar-refractivity contribution in [3.63, 3.8) is 0 Å². The fraction of sp³-hybridized carbons (Fsp3) is 0.471. The minimum Gasteiger partial charge on any atom is -0.346 e. The lowest BCUT2D eigenvalue weighted by molar-refractivity contribution is -0.129. The van der Waals surface area contributed by atoms with Crippen LogP contribution in [0.15, 0.2) is 29.7 Å². The van der Waals surface area contributed by atoms with E-state index in [-0.39, 0.29) is 24.4 Å². The number of likely N-dealkylation sites (tertiary alicyclic amines) is 1. The van der Waals surface area contributed by atoms with Gasteiger partial charge < -0.3 is 20.5 Å². The summed E-state index contributed by atoms with van der Waals surface area (Å²) in [6.07, 6.45) is 8.56. The van der Waals surface area contributed by atoms with E-state index in [9.17, 15) is 4.79 Å². The highest BCUT2D eigenvalue weighted by atomic mass is 35.5. The second-order valence-corrected chi connectivity index (χ2v) is 7.49. The lowest BCUT2D eigenvalue weighted by atomic mass is 10.0. The number of aromatic nitrogens is 3. The fourth-order valence-electron chi connectivity index (χ4n) is 3.52. The summed E-state index contributed by atoms with van der Waals surface area (Å²) < 4.78 is 0. The number of hydrogen-bond acceptors (Lipinski definition) is 6. The minimum atomic E-state index is 0. The van der Waals surface area contributed by atoms with Crippen LogP contribution in [0.3, 0.4) is 0 Å². The molecule has 2 aromatic heterocycles. The number of nitrogens with one attached hydrogen (secondary N) is 1. The summed E-state index contributed by atoms with van der Waals surface area (Å²) >= 11 is 1.62. The van der Waals surface area contributed by atoms with Gasteiger partial charge in [-0.1, -0.05) is 0 Å². The van der Waals surface area contributed by atoms with Crippen LogP contribution in [0, 0.1) is 0 Å². The number of halogens is 1. The van der Waals surface area contributed by atoms with Gasteiger partial charge in [-0.15, -0.1) is 24.2 Å². The molecular formula is C17H23ClN6OS. The number of H-pyrrole nitrogens is 1. The first kappa shape index (κ1) is 19.0. The van der Waals surface area contributed by atoms with Crippen molar-refractivity contribution in [2.24, 2.45) is 5.73 Å². The van der Waals surface area contributed by atoms with E-state index in [1.54, 1.807) is 18.1 Å². The van der Waals surface area contributed by atoms with Crippen LogP contribution in [0.4, 0.5) is 5.82 Å². The quantitative estimate of drug-likeness (QED) is 0.828. The number of amides is 1. The number of nitrogens with zero attached hydrogens (tertiary/aromatic N) is 4. The molecule has 2 aromatic rings. The number of nitrogens with two attached hydrogens (primary N) is 1. The maximum Gasteiger partial charge on any atom is 0.262 e. The number of carbonyl (C=O) groups is 1. The molecule has 3 N–H and O–H groups in total. The molecule has 1 amide bonds. The lowest BCUT2D eigenvalue weighted by Crippen LogP contribution is -2.48. The Morgan fingerprint density at radius 1 is 1.35 bits per heavy atom. The van der Waals surface area contributed by atoms with Crippen LogP contribution in [0.1, 0.15) is 19.3 Å². The number of piperidine rings is 1. The zero-order chi connectivity index (χ0) is 17.2. The minimum absolute atomic E-state index is 0. The van der Waals surface area contributed by atoms with Gasteiger partial charge in [0.25, 0.3) is 5.91 Å². The molecule has 1 fully saturated rings. The molecule has 2 aliphatic heterocycles. The molecule has 1 saturated heterocycles. The van der Waals surface area contributed by atoms with Gasteiger partial charge in [0.2, 0.25) is 0 Å². The smallest absolute Gasteiger partial charge is 0.262 e. The molecule has 26 heavy (non-hydrogen) atoms. The molecule has 0 spiro atoms. The van der Waals surface area contributed by atoms with Crippen LogP contribution in [0.2, 0.25) is 0 Å². The lowest BCUT2D eigenvalue weighted by Gasteiger charge is -2.36. The van der Waals surface area contributed by atoms with Gasteiger partial charge in [0.15, 0.2) is 0 Å². The van der Waals surface area contributed by atoms with Crippen LogP contribution in [0.5, 0.6) is 0 Å². The first-order valence-corrected chi connectivity index (χ1v) is 9.67. The fourth-order valence-corrected chi connectivity index (χ4v) is 4.47. The topological polar surface area (TPSA) is 91.1 Å². The monoisotopic (exact) mass is 394 g/mol. The molecule has 0 bridgehead atoms. The summed E-state index contributed by atoms with van der Waals surface area (Å²) in [7, 11) is 0. The highest BCUT2D eigenvalue weighted by Crippen LogP contribution is 2.31. The van der Waals surface area contributed by atoms with Crippen molar-refractivity contribution in [3.8, 4) is 0 Å². The SMILES string of the molecule is Cl.NC[C@@H]1CCCCN1C(=O)C1=CN(c2ncnc3[nH]ccc23)CCS1. The standard InChI is InChI=1S/C17H22N6OS.ClH/c18-9-12-3-1-2-6-23(12)17(24)14-10-22(7-8-25-14)16-13-4-5-19-15(13)20-11-21-16;/h4-5,10-12H,1-3,6-9,18H2,(H,19,20,21);1H/t12-;/m0./s1. The number of carbonyl (C=O) groups excluding carboxylic acids is 1. The largest absolute Gasteiger partial charge is 0.346 e. The first-order valence-electron chi connectivity index (χ1n) is 8.68. The molecule has 0 unspecified atom stereocenters. The van der Waals surface area contributed by atoms with Crippen molar-refractivity contribution in [2.75, 3.05) is 30.3 Å². The Bertz CT molecular complexity index is 809. The molecule has 0 radical (unpaired) electrons. The summed E-state index contributed by atoms with van der Waals surface area (Å²) in [5.74, 6) is 1.80. The van der Waals surface area contributed by atoms with Gasteiger partial charge in [-0.25, -0.2) is 9.97 Å².